The summed E-state index contributed by atoms with van der Waals surface area (Å²) in [6, 6.07) is 0. The first-order valence-corrected chi connectivity index (χ1v) is 7.38. The number of carbonyl (C=O) groups is 2. The summed E-state index contributed by atoms with van der Waals surface area (Å²) in [6.07, 6.45) is -2.83. The number of hydrogen-bond acceptors (Lipinski definition) is 5. The number of nitrogens with zero attached hydrogens (tertiary/aromatic N) is 3. The van der Waals surface area contributed by atoms with E-state index in [1.165, 1.54) is 0 Å². The zero-order chi connectivity index (χ0) is 18.2. The highest BCUT2D eigenvalue weighted by atomic mass is 19.4. The van der Waals surface area contributed by atoms with Crippen LogP contribution in [0.2, 0.25) is 0 Å². The van der Waals surface area contributed by atoms with E-state index in [1.807, 2.05) is 6.92 Å². The largest absolute Gasteiger partial charge is 0.483 e. The van der Waals surface area contributed by atoms with Gasteiger partial charge in [0.2, 0.25) is 5.91 Å². The predicted octanol–water partition coefficient (Wildman–Crippen LogP) is 0.872. The van der Waals surface area contributed by atoms with Crippen LogP contribution >= 0.6 is 0 Å². The normalized spacial score (nSPS) is 18.4. The molecular weight excluding hydrogens is 331 g/mol. The Morgan fingerprint density at radius 2 is 2.21 bits per heavy atom. The first-order valence-electron chi connectivity index (χ1n) is 7.38. The van der Waals surface area contributed by atoms with Crippen molar-refractivity contribution in [1.29, 1.82) is 0 Å². The molecule has 1 aliphatic heterocycles. The number of aromatic amines is 1. The van der Waals surface area contributed by atoms with E-state index in [-0.39, 0.29) is 30.7 Å². The van der Waals surface area contributed by atoms with Crippen LogP contribution < -0.4 is 5.32 Å². The fourth-order valence-corrected chi connectivity index (χ4v) is 2.37. The molecule has 0 spiro atoms. The minimum Gasteiger partial charge on any atom is -0.483 e. The Kier molecular flexibility index (Phi) is 7.62. The maximum absolute atomic E-state index is 12.3. The molecule has 0 saturated carbocycles. The number of H-pyrrole nitrogens is 1. The molecule has 1 saturated heterocycles. The Morgan fingerprint density at radius 3 is 2.75 bits per heavy atom. The van der Waals surface area contributed by atoms with E-state index >= 15 is 0 Å². The van der Waals surface area contributed by atoms with E-state index in [0.29, 0.717) is 6.54 Å². The van der Waals surface area contributed by atoms with E-state index in [0.717, 1.165) is 25.9 Å². The van der Waals surface area contributed by atoms with Crippen LogP contribution in [-0.2, 0) is 22.3 Å². The van der Waals surface area contributed by atoms with Crippen LogP contribution in [0.25, 0.3) is 0 Å². The van der Waals surface area contributed by atoms with E-state index in [4.69, 9.17) is 9.90 Å². The predicted molar refractivity (Wildman–Crippen MR) is 76.8 cm³/mol. The number of carboxylic acid groups (broad SMARTS) is 1. The van der Waals surface area contributed by atoms with Crippen LogP contribution in [0.4, 0.5) is 13.2 Å². The molecule has 3 N–H and O–H groups in total. The molecule has 1 unspecified atom stereocenters. The minimum absolute atomic E-state index is 0.00108. The lowest BCUT2D eigenvalue weighted by atomic mass is 9.97. The number of amides is 1. The summed E-state index contributed by atoms with van der Waals surface area (Å²) >= 11 is 0. The van der Waals surface area contributed by atoms with Crippen molar-refractivity contribution in [1.82, 2.24) is 25.4 Å². The lowest BCUT2D eigenvalue weighted by molar-refractivity contribution is -0.144. The zero-order valence-corrected chi connectivity index (χ0v) is 13.1. The van der Waals surface area contributed by atoms with Gasteiger partial charge in [-0.2, -0.15) is 13.2 Å². The number of likely N-dealkylation sites (tertiary alicyclic amines) is 1. The molecule has 8 nitrogen and oxygen atoms in total. The van der Waals surface area contributed by atoms with Crippen LogP contribution in [0.15, 0.2) is 0 Å². The van der Waals surface area contributed by atoms with Crippen LogP contribution in [0, 0.1) is 5.92 Å². The molecule has 0 aromatic carbocycles. The smallest absolute Gasteiger partial charge is 0.453 e. The van der Waals surface area contributed by atoms with Gasteiger partial charge in [0, 0.05) is 6.54 Å². The number of rotatable bonds is 4. The van der Waals surface area contributed by atoms with Crippen molar-refractivity contribution in [3.05, 3.63) is 11.6 Å². The summed E-state index contributed by atoms with van der Waals surface area (Å²) in [6.45, 7) is 4.27. The fraction of sp³-hybridized carbons (Fsp3) is 0.692. The van der Waals surface area contributed by atoms with Gasteiger partial charge in [0.05, 0.1) is 12.5 Å². The summed E-state index contributed by atoms with van der Waals surface area (Å²) in [5, 5.41) is 14.8. The summed E-state index contributed by atoms with van der Waals surface area (Å²) in [5.74, 6) is -1.50. The first-order chi connectivity index (χ1) is 11.3. The lowest BCUT2D eigenvalue weighted by Gasteiger charge is -2.30. The van der Waals surface area contributed by atoms with Crippen molar-refractivity contribution >= 4 is 12.4 Å². The molecule has 0 bridgehead atoms. The third kappa shape index (κ3) is 6.14. The lowest BCUT2D eigenvalue weighted by Crippen LogP contribution is -2.42. The van der Waals surface area contributed by atoms with Gasteiger partial charge in [-0.1, -0.05) is 6.92 Å². The number of carbonyl (C=O) groups excluding carboxylic acids is 1. The molecule has 11 heteroatoms. The molecular formula is C13H20F3N5O3. The quantitative estimate of drug-likeness (QED) is 0.694. The van der Waals surface area contributed by atoms with Crippen LogP contribution in [0.1, 0.15) is 31.4 Å². The van der Waals surface area contributed by atoms with Crippen LogP contribution in [-0.4, -0.2) is 57.2 Å². The van der Waals surface area contributed by atoms with Crippen LogP contribution in [0.3, 0.4) is 0 Å². The average molecular weight is 351 g/mol. The number of piperidine rings is 1. The highest BCUT2D eigenvalue weighted by Gasteiger charge is 2.36. The maximum atomic E-state index is 12.3. The zero-order valence-electron chi connectivity index (χ0n) is 13.1. The molecule has 0 aliphatic carbocycles. The number of halogens is 3. The molecule has 1 aliphatic rings. The van der Waals surface area contributed by atoms with Gasteiger partial charge in [0.25, 0.3) is 12.3 Å². The first kappa shape index (κ1) is 19.9. The number of alkyl halides is 3. The second-order valence-corrected chi connectivity index (χ2v) is 5.16. The average Bonchev–Trinajstić information content (AvgIpc) is 3.02. The molecule has 1 aromatic rings. The van der Waals surface area contributed by atoms with Crippen molar-refractivity contribution in [2.75, 3.05) is 19.6 Å². The van der Waals surface area contributed by atoms with Gasteiger partial charge in [-0.25, -0.2) is 4.98 Å². The van der Waals surface area contributed by atoms with Gasteiger partial charge >= 0.3 is 6.18 Å². The highest BCUT2D eigenvalue weighted by molar-refractivity contribution is 5.78. The summed E-state index contributed by atoms with van der Waals surface area (Å²) in [7, 11) is 0. The molecule has 2 heterocycles. The third-order valence-corrected chi connectivity index (χ3v) is 3.54. The van der Waals surface area contributed by atoms with E-state index in [1.54, 1.807) is 0 Å². The number of hydrogen-bond donors (Lipinski definition) is 3. The fourth-order valence-electron chi connectivity index (χ4n) is 2.37. The molecule has 1 aromatic heterocycles. The Balaban J connectivity index is 0.000000891. The second-order valence-electron chi connectivity index (χ2n) is 5.16. The minimum atomic E-state index is -4.58. The molecule has 1 amide bonds. The van der Waals surface area contributed by atoms with Gasteiger partial charge in [0.15, 0.2) is 0 Å². The Bertz CT molecular complexity index is 535. The topological polar surface area (TPSA) is 111 Å². The molecule has 24 heavy (non-hydrogen) atoms. The summed E-state index contributed by atoms with van der Waals surface area (Å²) in [4.78, 5) is 25.9. The van der Waals surface area contributed by atoms with Gasteiger partial charge in [0.1, 0.15) is 5.82 Å². The van der Waals surface area contributed by atoms with E-state index in [2.05, 4.69) is 25.4 Å². The number of aromatic nitrogens is 3. The highest BCUT2D eigenvalue weighted by Crippen LogP contribution is 2.25. The summed E-state index contributed by atoms with van der Waals surface area (Å²) < 4.78 is 37.0. The summed E-state index contributed by atoms with van der Waals surface area (Å²) in [5.41, 5.74) is 0. The standard InChI is InChI=1S/C12H18F3N5O.CH2O2/c1-2-20-5-3-4-8(7-20)10(21)16-6-9-17-11(19-18-9)12(13,14)15;2-1-3/h8H,2-7H2,1H3,(H,16,21)(H,17,18,19);1H,(H,2,3). The van der Waals surface area contributed by atoms with Crippen LogP contribution in [0.5, 0.6) is 0 Å². The van der Waals surface area contributed by atoms with Gasteiger partial charge in [-0.05, 0) is 25.9 Å². The van der Waals surface area contributed by atoms with Crippen molar-refractivity contribution in [3.8, 4) is 0 Å². The van der Waals surface area contributed by atoms with E-state index < -0.39 is 12.0 Å². The molecule has 1 atom stereocenters. The van der Waals surface area contributed by atoms with Gasteiger partial charge in [-0.3, -0.25) is 14.7 Å². The van der Waals surface area contributed by atoms with Crippen molar-refractivity contribution < 1.29 is 27.9 Å². The third-order valence-electron chi connectivity index (χ3n) is 3.54. The Morgan fingerprint density at radius 1 is 1.54 bits per heavy atom. The molecule has 2 rings (SSSR count). The SMILES string of the molecule is CCN1CCCC(C(=O)NCc2nc(C(F)(F)F)n[nH]2)C1.O=CO. The van der Waals surface area contributed by atoms with Gasteiger partial charge in [-0.15, -0.1) is 5.10 Å². The van der Waals surface area contributed by atoms with E-state index in [9.17, 15) is 18.0 Å². The monoisotopic (exact) mass is 351 g/mol. The molecule has 136 valence electrons. The second kappa shape index (κ2) is 9.21. The van der Waals surface area contributed by atoms with Gasteiger partial charge < -0.3 is 15.3 Å². The number of nitrogens with one attached hydrogen (secondary N) is 2. The molecule has 0 radical (unpaired) electrons. The van der Waals surface area contributed by atoms with Crippen molar-refractivity contribution in [2.45, 2.75) is 32.5 Å². The Hall–Kier alpha value is -2.17. The van der Waals surface area contributed by atoms with Crippen molar-refractivity contribution in [2.24, 2.45) is 5.92 Å². The molecule has 1 fully saturated rings. The maximum Gasteiger partial charge on any atom is 0.453 e. The van der Waals surface area contributed by atoms with Crippen molar-refractivity contribution in [3.63, 3.8) is 0 Å². The Labute approximate surface area is 136 Å².